The minimum absolute atomic E-state index is 0.0839. The minimum Gasteiger partial charge on any atom is -0.379 e. The zero-order valence-corrected chi connectivity index (χ0v) is 22.3. The second-order valence-corrected chi connectivity index (χ2v) is 10.4. The second kappa shape index (κ2) is 13.0. The molecule has 2 aliphatic rings. The highest BCUT2D eigenvalue weighted by Gasteiger charge is 2.34. The third kappa shape index (κ3) is 6.94. The smallest absolute Gasteiger partial charge is 0.271 e. The largest absolute Gasteiger partial charge is 0.379 e. The highest BCUT2D eigenvalue weighted by atomic mass is 19.1. The van der Waals surface area contributed by atoms with Crippen LogP contribution in [0.1, 0.15) is 54.2 Å². The quantitative estimate of drug-likeness (QED) is 0.416. The molecule has 2 fully saturated rings. The number of rotatable bonds is 9. The predicted octanol–water partition coefficient (Wildman–Crippen LogP) is 4.79. The van der Waals surface area contributed by atoms with Crippen LogP contribution in [0.2, 0.25) is 0 Å². The van der Waals surface area contributed by atoms with Crippen LogP contribution in [0.15, 0.2) is 66.7 Å². The monoisotopic (exact) mass is 532 g/mol. The van der Waals surface area contributed by atoms with E-state index in [9.17, 15) is 14.0 Å². The highest BCUT2D eigenvalue weighted by molar-refractivity contribution is 5.97. The molecule has 3 aromatic rings. The number of nitrogens with one attached hydrogen (secondary N) is 2. The van der Waals surface area contributed by atoms with Gasteiger partial charge in [-0.2, -0.15) is 0 Å². The molecule has 2 N–H and O–H groups in total. The molecule has 7 nitrogen and oxygen atoms in total. The summed E-state index contributed by atoms with van der Waals surface area (Å²) in [5.41, 5.74) is 2.81. The first-order valence-corrected chi connectivity index (χ1v) is 14.0. The Kier molecular flexibility index (Phi) is 9.06. The number of hydrogen-bond donors (Lipinski definition) is 2. The molecular weight excluding hydrogens is 495 g/mol. The Balaban J connectivity index is 1.46. The Morgan fingerprint density at radius 2 is 1.69 bits per heavy atom. The molecule has 8 heteroatoms. The van der Waals surface area contributed by atoms with E-state index in [1.165, 1.54) is 18.6 Å². The Bertz CT molecular complexity index is 1220. The van der Waals surface area contributed by atoms with E-state index in [1.54, 1.807) is 23.1 Å². The Morgan fingerprint density at radius 1 is 0.974 bits per heavy atom. The van der Waals surface area contributed by atoms with Gasteiger partial charge in [-0.15, -0.1) is 0 Å². The van der Waals surface area contributed by atoms with Crippen molar-refractivity contribution in [2.24, 2.45) is 0 Å². The maximum Gasteiger partial charge on any atom is 0.271 e. The van der Waals surface area contributed by atoms with Crippen molar-refractivity contribution >= 4 is 11.8 Å². The molecule has 0 bridgehead atoms. The summed E-state index contributed by atoms with van der Waals surface area (Å²) in [5.74, 6) is -0.870. The van der Waals surface area contributed by atoms with Crippen molar-refractivity contribution in [2.45, 2.75) is 44.2 Å². The van der Waals surface area contributed by atoms with E-state index in [0.29, 0.717) is 37.6 Å². The van der Waals surface area contributed by atoms with Gasteiger partial charge in [-0.3, -0.25) is 14.5 Å². The fourth-order valence-corrected chi connectivity index (χ4v) is 5.53. The summed E-state index contributed by atoms with van der Waals surface area (Å²) >= 11 is 0. The van der Waals surface area contributed by atoms with E-state index in [-0.39, 0.29) is 23.7 Å². The zero-order valence-electron chi connectivity index (χ0n) is 22.3. The molecule has 1 unspecified atom stereocenters. The van der Waals surface area contributed by atoms with Crippen molar-refractivity contribution in [1.29, 1.82) is 0 Å². The van der Waals surface area contributed by atoms with Gasteiger partial charge in [0.1, 0.15) is 17.6 Å². The number of nitrogens with zero attached hydrogens (tertiary/aromatic N) is 2. The van der Waals surface area contributed by atoms with Gasteiger partial charge in [-0.05, 0) is 48.2 Å². The molecule has 0 radical (unpaired) electrons. The first-order chi connectivity index (χ1) is 19.1. The molecule has 206 valence electrons. The summed E-state index contributed by atoms with van der Waals surface area (Å²) in [7, 11) is 0. The molecule has 2 heterocycles. The van der Waals surface area contributed by atoms with Crippen molar-refractivity contribution in [2.75, 3.05) is 39.4 Å². The number of morpholine rings is 1. The molecule has 5 rings (SSSR count). The molecule has 1 aliphatic heterocycles. The number of benzene rings is 2. The third-order valence-electron chi connectivity index (χ3n) is 7.72. The average molecular weight is 533 g/mol. The van der Waals surface area contributed by atoms with Gasteiger partial charge in [0, 0.05) is 37.9 Å². The normalized spacial score (nSPS) is 17.5. The van der Waals surface area contributed by atoms with Crippen LogP contribution in [0, 0.1) is 5.82 Å². The van der Waals surface area contributed by atoms with Gasteiger partial charge in [0.05, 0.1) is 13.2 Å². The number of H-pyrrole nitrogens is 1. The number of ether oxygens (including phenoxy) is 1. The van der Waals surface area contributed by atoms with Crippen molar-refractivity contribution in [1.82, 2.24) is 20.1 Å². The number of aromatic amines is 1. The summed E-state index contributed by atoms with van der Waals surface area (Å²) in [6, 6.07) is 18.6. The summed E-state index contributed by atoms with van der Waals surface area (Å²) in [6.07, 6.45) is 5.20. The molecule has 39 heavy (non-hydrogen) atoms. The van der Waals surface area contributed by atoms with Crippen LogP contribution in [-0.2, 0) is 9.53 Å². The fraction of sp³-hybridized carbons (Fsp3) is 0.419. The Hall–Kier alpha value is -3.49. The molecule has 1 atom stereocenters. The van der Waals surface area contributed by atoms with Gasteiger partial charge in [0.15, 0.2) is 0 Å². The Morgan fingerprint density at radius 3 is 2.41 bits per heavy atom. The molecule has 1 aliphatic carbocycles. The summed E-state index contributed by atoms with van der Waals surface area (Å²) in [6.45, 7) is 3.80. The topological polar surface area (TPSA) is 77.7 Å². The van der Waals surface area contributed by atoms with E-state index in [0.717, 1.165) is 50.0 Å². The number of halogens is 1. The molecule has 2 aromatic carbocycles. The van der Waals surface area contributed by atoms with Gasteiger partial charge in [-0.25, -0.2) is 4.39 Å². The molecule has 1 aromatic heterocycles. The van der Waals surface area contributed by atoms with E-state index in [1.807, 2.05) is 36.4 Å². The number of carbonyl (C=O) groups excluding carboxylic acids is 2. The summed E-state index contributed by atoms with van der Waals surface area (Å²) < 4.78 is 19.4. The maximum absolute atomic E-state index is 14.1. The van der Waals surface area contributed by atoms with Crippen LogP contribution in [0.4, 0.5) is 4.39 Å². The zero-order chi connectivity index (χ0) is 27.0. The lowest BCUT2D eigenvalue weighted by atomic mass is 9.94. The van der Waals surface area contributed by atoms with E-state index >= 15 is 0 Å². The fourth-order valence-electron chi connectivity index (χ4n) is 5.53. The standard InChI is InChI=1S/C31H37FN4O3/c32-25-13-11-24(12-14-25)29(30(37)33-26-9-5-2-6-10-26)36(18-17-35-19-21-39-22-20-35)31(38)28-16-15-27(34-28)23-7-3-1-4-8-23/h1,3-4,7-8,11-16,26,29,34H,2,5-6,9-10,17-22H2,(H,33,37). The summed E-state index contributed by atoms with van der Waals surface area (Å²) in [5, 5.41) is 3.22. The van der Waals surface area contributed by atoms with Crippen LogP contribution in [0.3, 0.4) is 0 Å². The maximum atomic E-state index is 14.1. The van der Waals surface area contributed by atoms with Crippen LogP contribution >= 0.6 is 0 Å². The lowest BCUT2D eigenvalue weighted by Crippen LogP contribution is -2.50. The van der Waals surface area contributed by atoms with Gasteiger partial charge >= 0.3 is 0 Å². The van der Waals surface area contributed by atoms with Crippen LogP contribution in [0.25, 0.3) is 11.3 Å². The first kappa shape index (κ1) is 27.1. The number of amides is 2. The molecule has 2 amide bonds. The number of aromatic nitrogens is 1. The lowest BCUT2D eigenvalue weighted by molar-refractivity contribution is -0.127. The first-order valence-electron chi connectivity index (χ1n) is 14.0. The minimum atomic E-state index is -0.885. The van der Waals surface area contributed by atoms with Crippen LogP contribution in [-0.4, -0.2) is 72.0 Å². The number of hydrogen-bond acceptors (Lipinski definition) is 4. The Labute approximate surface area is 229 Å². The lowest BCUT2D eigenvalue weighted by Gasteiger charge is -2.35. The van der Waals surface area contributed by atoms with Gasteiger partial charge in [0.2, 0.25) is 5.91 Å². The van der Waals surface area contributed by atoms with Gasteiger partial charge in [0.25, 0.3) is 5.91 Å². The van der Waals surface area contributed by atoms with Crippen molar-refractivity contribution in [3.63, 3.8) is 0 Å². The van der Waals surface area contributed by atoms with Gasteiger partial charge in [-0.1, -0.05) is 61.7 Å². The molecule has 1 saturated carbocycles. The molecular formula is C31H37FN4O3. The highest BCUT2D eigenvalue weighted by Crippen LogP contribution is 2.27. The van der Waals surface area contributed by atoms with Crippen molar-refractivity contribution in [3.05, 3.63) is 83.8 Å². The van der Waals surface area contributed by atoms with E-state index < -0.39 is 6.04 Å². The average Bonchev–Trinajstić information content (AvgIpc) is 3.48. The van der Waals surface area contributed by atoms with Crippen molar-refractivity contribution in [3.8, 4) is 11.3 Å². The number of carbonyl (C=O) groups is 2. The second-order valence-electron chi connectivity index (χ2n) is 10.4. The third-order valence-corrected chi connectivity index (χ3v) is 7.72. The van der Waals surface area contributed by atoms with E-state index in [2.05, 4.69) is 15.2 Å². The molecule has 1 saturated heterocycles. The predicted molar refractivity (Wildman–Crippen MR) is 149 cm³/mol. The van der Waals surface area contributed by atoms with Gasteiger partial charge < -0.3 is 19.9 Å². The van der Waals surface area contributed by atoms with E-state index in [4.69, 9.17) is 4.74 Å². The van der Waals surface area contributed by atoms with Crippen LogP contribution < -0.4 is 5.32 Å². The SMILES string of the molecule is O=C(NC1CCCCC1)C(c1ccc(F)cc1)N(CCN1CCOCC1)C(=O)c1ccc(-c2ccccc2)[nH]1. The summed E-state index contributed by atoms with van der Waals surface area (Å²) in [4.78, 5) is 35.2. The van der Waals surface area contributed by atoms with Crippen LogP contribution in [0.5, 0.6) is 0 Å². The molecule has 0 spiro atoms. The van der Waals surface area contributed by atoms with Crippen molar-refractivity contribution < 1.29 is 18.7 Å².